The van der Waals surface area contributed by atoms with Crippen LogP contribution < -0.4 is 19.7 Å². The van der Waals surface area contributed by atoms with Crippen LogP contribution in [0, 0.1) is 0 Å². The van der Waals surface area contributed by atoms with Gasteiger partial charge < -0.3 is 19.7 Å². The van der Waals surface area contributed by atoms with E-state index in [1.807, 2.05) is 30.5 Å². The number of nitrogens with one attached hydrogen (secondary N) is 1. The average molecular weight is 443 g/mol. The number of nitrogens with zero attached hydrogens (tertiary/aromatic N) is 3. The van der Waals surface area contributed by atoms with Crippen LogP contribution in [0.25, 0.3) is 10.2 Å². The molecule has 30 heavy (non-hydrogen) atoms. The van der Waals surface area contributed by atoms with Gasteiger partial charge in [-0.3, -0.25) is 4.79 Å². The number of hydrogen-bond acceptors (Lipinski definition) is 8. The number of fused-ring (bicyclic) bond motifs is 2. The predicted molar refractivity (Wildman–Crippen MR) is 119 cm³/mol. The van der Waals surface area contributed by atoms with Crippen LogP contribution in [0.3, 0.4) is 0 Å². The Balaban J connectivity index is 1.37. The number of thiophene rings is 1. The second kappa shape index (κ2) is 8.31. The highest BCUT2D eigenvalue weighted by Crippen LogP contribution is 2.34. The number of carbonyl (C=O) groups is 1. The summed E-state index contributed by atoms with van der Waals surface area (Å²) in [5.41, 5.74) is 0.965. The summed E-state index contributed by atoms with van der Waals surface area (Å²) in [6, 6.07) is 7.64. The molecule has 0 unspecified atom stereocenters. The van der Waals surface area contributed by atoms with E-state index in [1.165, 1.54) is 42.4 Å². The zero-order chi connectivity index (χ0) is 20.5. The number of hydrogen-bond donors (Lipinski definition) is 1. The molecule has 7 nitrogen and oxygen atoms in total. The predicted octanol–water partition coefficient (Wildman–Crippen LogP) is 4.06. The number of ether oxygens (including phenoxy) is 2. The number of carbonyl (C=O) groups excluding carboxylic acids is 1. The van der Waals surface area contributed by atoms with Crippen molar-refractivity contribution in [3.8, 4) is 11.5 Å². The fourth-order valence-corrected chi connectivity index (χ4v) is 5.12. The third-order valence-electron chi connectivity index (χ3n) is 5.30. The lowest BCUT2D eigenvalue weighted by Crippen LogP contribution is -2.30. The summed E-state index contributed by atoms with van der Waals surface area (Å²) in [5.74, 6) is 2.30. The van der Waals surface area contributed by atoms with Gasteiger partial charge in [0, 0.05) is 19.6 Å². The van der Waals surface area contributed by atoms with E-state index in [-0.39, 0.29) is 12.7 Å². The molecule has 0 bridgehead atoms. The number of rotatable bonds is 5. The van der Waals surface area contributed by atoms with Crippen molar-refractivity contribution >= 4 is 45.0 Å². The monoisotopic (exact) mass is 442 g/mol. The van der Waals surface area contributed by atoms with Gasteiger partial charge in [0.15, 0.2) is 16.7 Å². The molecule has 2 aliphatic heterocycles. The Hall–Kier alpha value is -2.52. The Kier molecular flexibility index (Phi) is 5.39. The van der Waals surface area contributed by atoms with Crippen molar-refractivity contribution in [2.45, 2.75) is 31.0 Å². The van der Waals surface area contributed by atoms with Gasteiger partial charge in [0.05, 0.1) is 10.3 Å². The van der Waals surface area contributed by atoms with Crippen molar-refractivity contribution in [3.63, 3.8) is 0 Å². The lowest BCUT2D eigenvalue weighted by atomic mass is 10.1. The molecule has 2 aliphatic rings. The van der Waals surface area contributed by atoms with Crippen molar-refractivity contribution < 1.29 is 14.3 Å². The molecule has 1 N–H and O–H groups in total. The maximum atomic E-state index is 12.8. The lowest BCUT2D eigenvalue weighted by Gasteiger charge is -2.28. The quantitative estimate of drug-likeness (QED) is 0.472. The van der Waals surface area contributed by atoms with Crippen molar-refractivity contribution in [2.24, 2.45) is 0 Å². The van der Waals surface area contributed by atoms with Gasteiger partial charge in [0.25, 0.3) is 5.91 Å². The van der Waals surface area contributed by atoms with E-state index < -0.39 is 0 Å². The summed E-state index contributed by atoms with van der Waals surface area (Å²) in [7, 11) is 0. The second-order valence-corrected chi connectivity index (χ2v) is 9.09. The maximum absolute atomic E-state index is 12.8. The zero-order valence-electron chi connectivity index (χ0n) is 16.6. The average Bonchev–Trinajstić information content (AvgIpc) is 3.43. The highest BCUT2D eigenvalue weighted by Gasteiger charge is 2.21. The smallest absolute Gasteiger partial charge is 0.261 e. The maximum Gasteiger partial charge on any atom is 0.261 e. The van der Waals surface area contributed by atoms with E-state index in [0.29, 0.717) is 11.4 Å². The molecule has 1 amide bonds. The van der Waals surface area contributed by atoms with Crippen molar-refractivity contribution in [1.29, 1.82) is 0 Å². The molecule has 1 aromatic carbocycles. The third kappa shape index (κ3) is 3.79. The summed E-state index contributed by atoms with van der Waals surface area (Å²) in [4.78, 5) is 26.1. The van der Waals surface area contributed by atoms with E-state index >= 15 is 0 Å². The SMILES string of the molecule is CSc1nc(N2CCCCC2)c2cc(C(=O)NCc3ccc4c(c3)OCO4)sc2n1. The molecule has 0 spiro atoms. The van der Waals surface area contributed by atoms with Crippen LogP contribution in [0.1, 0.15) is 34.5 Å². The number of anilines is 1. The Bertz CT molecular complexity index is 1100. The molecule has 4 heterocycles. The van der Waals surface area contributed by atoms with Gasteiger partial charge in [-0.05, 0) is 49.3 Å². The van der Waals surface area contributed by atoms with Gasteiger partial charge in [-0.2, -0.15) is 0 Å². The van der Waals surface area contributed by atoms with E-state index in [9.17, 15) is 4.79 Å². The van der Waals surface area contributed by atoms with Gasteiger partial charge in [-0.1, -0.05) is 17.8 Å². The topological polar surface area (TPSA) is 76.6 Å². The van der Waals surface area contributed by atoms with Crippen molar-refractivity contribution in [3.05, 3.63) is 34.7 Å². The van der Waals surface area contributed by atoms with Crippen LogP contribution in [0.2, 0.25) is 0 Å². The third-order valence-corrected chi connectivity index (χ3v) is 6.88. The number of thioether (sulfide) groups is 1. The van der Waals surface area contributed by atoms with Gasteiger partial charge in [0.2, 0.25) is 6.79 Å². The van der Waals surface area contributed by atoms with Gasteiger partial charge in [-0.15, -0.1) is 11.3 Å². The summed E-state index contributed by atoms with van der Waals surface area (Å²) in [6.45, 7) is 2.67. The summed E-state index contributed by atoms with van der Waals surface area (Å²) >= 11 is 2.95. The minimum Gasteiger partial charge on any atom is -0.454 e. The zero-order valence-corrected chi connectivity index (χ0v) is 18.3. The van der Waals surface area contributed by atoms with Gasteiger partial charge in [0.1, 0.15) is 10.6 Å². The summed E-state index contributed by atoms with van der Waals surface area (Å²) < 4.78 is 10.7. The van der Waals surface area contributed by atoms with E-state index in [0.717, 1.165) is 51.3 Å². The standard InChI is InChI=1S/C21H22N4O3S2/c1-29-21-23-18(25-7-3-2-4-8-25)14-10-17(30-20(14)24-21)19(26)22-11-13-5-6-15-16(9-13)28-12-27-15/h5-6,9-10H,2-4,7-8,11-12H2,1H3,(H,22,26). The molecule has 3 aromatic rings. The van der Waals surface area contributed by atoms with E-state index in [2.05, 4.69) is 15.2 Å². The molecule has 0 radical (unpaired) electrons. The molecular formula is C21H22N4O3S2. The highest BCUT2D eigenvalue weighted by molar-refractivity contribution is 7.98. The summed E-state index contributed by atoms with van der Waals surface area (Å²) in [5, 5.41) is 4.72. The van der Waals surface area contributed by atoms with Crippen LogP contribution in [0.5, 0.6) is 11.5 Å². The lowest BCUT2D eigenvalue weighted by molar-refractivity contribution is 0.0955. The fourth-order valence-electron chi connectivity index (χ4n) is 3.76. The fraction of sp³-hybridized carbons (Fsp3) is 0.381. The van der Waals surface area contributed by atoms with Crippen molar-refractivity contribution in [1.82, 2.24) is 15.3 Å². The number of benzene rings is 1. The van der Waals surface area contributed by atoms with Crippen LogP contribution in [-0.4, -0.2) is 42.0 Å². The molecule has 1 fully saturated rings. The number of piperidine rings is 1. The second-order valence-electron chi connectivity index (χ2n) is 7.28. The molecule has 1 saturated heterocycles. The largest absolute Gasteiger partial charge is 0.454 e. The molecule has 0 saturated carbocycles. The Morgan fingerprint density at radius 3 is 2.83 bits per heavy atom. The van der Waals surface area contributed by atoms with Crippen LogP contribution in [0.15, 0.2) is 29.4 Å². The molecule has 0 atom stereocenters. The highest BCUT2D eigenvalue weighted by atomic mass is 32.2. The molecule has 2 aromatic heterocycles. The molecule has 0 aliphatic carbocycles. The minimum absolute atomic E-state index is 0.106. The first-order valence-corrected chi connectivity index (χ1v) is 12.0. The molecule has 156 valence electrons. The van der Waals surface area contributed by atoms with Crippen LogP contribution >= 0.6 is 23.1 Å². The Labute approximate surface area is 182 Å². The first kappa shape index (κ1) is 19.4. The Morgan fingerprint density at radius 2 is 2.00 bits per heavy atom. The first-order chi connectivity index (χ1) is 14.7. The number of aromatic nitrogens is 2. The van der Waals surface area contributed by atoms with Gasteiger partial charge in [-0.25, -0.2) is 9.97 Å². The van der Waals surface area contributed by atoms with Crippen LogP contribution in [-0.2, 0) is 6.54 Å². The van der Waals surface area contributed by atoms with Crippen molar-refractivity contribution in [2.75, 3.05) is 31.0 Å². The van der Waals surface area contributed by atoms with E-state index in [1.54, 1.807) is 0 Å². The van der Waals surface area contributed by atoms with Crippen LogP contribution in [0.4, 0.5) is 5.82 Å². The Morgan fingerprint density at radius 1 is 1.17 bits per heavy atom. The summed E-state index contributed by atoms with van der Waals surface area (Å²) in [6.07, 6.45) is 5.59. The first-order valence-electron chi connectivity index (χ1n) is 9.98. The normalized spacial score (nSPS) is 15.6. The molecule has 9 heteroatoms. The van der Waals surface area contributed by atoms with Gasteiger partial charge >= 0.3 is 0 Å². The minimum atomic E-state index is -0.106. The molecular weight excluding hydrogens is 420 g/mol. The van der Waals surface area contributed by atoms with E-state index in [4.69, 9.17) is 14.5 Å². The molecule has 5 rings (SSSR count). The number of amides is 1.